The maximum absolute atomic E-state index is 3.50. The first-order valence-corrected chi connectivity index (χ1v) is 8.41. The van der Waals surface area contributed by atoms with Gasteiger partial charge in [0.2, 0.25) is 0 Å². The molecule has 2 aliphatic heterocycles. The van der Waals surface area contributed by atoms with E-state index in [0.717, 1.165) is 24.2 Å². The van der Waals surface area contributed by atoms with Gasteiger partial charge in [0, 0.05) is 37.3 Å². The van der Waals surface area contributed by atoms with Crippen molar-refractivity contribution in [2.24, 2.45) is 0 Å². The molecule has 0 aromatic heterocycles. The van der Waals surface area contributed by atoms with E-state index in [9.17, 15) is 0 Å². The molecular weight excluding hydrogens is 234 g/mol. The maximum atomic E-state index is 3.50. The zero-order chi connectivity index (χ0) is 13.2. The Balaban J connectivity index is 1.48. The van der Waals surface area contributed by atoms with E-state index in [0.29, 0.717) is 0 Å². The summed E-state index contributed by atoms with van der Waals surface area (Å²) in [5.74, 6) is 0. The van der Waals surface area contributed by atoms with Gasteiger partial charge in [0.1, 0.15) is 0 Å². The fourth-order valence-corrected chi connectivity index (χ4v) is 4.68. The highest BCUT2D eigenvalue weighted by atomic mass is 15.3. The number of nitrogens with one attached hydrogen (secondary N) is 1. The predicted octanol–water partition coefficient (Wildman–Crippen LogP) is 2.08. The Kier molecular flexibility index (Phi) is 4.45. The van der Waals surface area contributed by atoms with E-state index >= 15 is 0 Å². The molecular formula is C16H31N3. The highest BCUT2D eigenvalue weighted by Crippen LogP contribution is 2.35. The SMILES string of the molecule is CNC1CC2CCC(C1)N2CCN(C)C1CCCC1. The van der Waals surface area contributed by atoms with Crippen molar-refractivity contribution in [2.75, 3.05) is 27.2 Å². The van der Waals surface area contributed by atoms with Gasteiger partial charge >= 0.3 is 0 Å². The van der Waals surface area contributed by atoms with Crippen LogP contribution in [0.3, 0.4) is 0 Å². The molecule has 2 saturated heterocycles. The van der Waals surface area contributed by atoms with Crippen LogP contribution in [-0.2, 0) is 0 Å². The largest absolute Gasteiger partial charge is 0.317 e. The highest BCUT2D eigenvalue weighted by molar-refractivity contribution is 4.97. The average Bonchev–Trinajstić information content (AvgIpc) is 3.03. The van der Waals surface area contributed by atoms with Crippen molar-refractivity contribution in [3.63, 3.8) is 0 Å². The molecule has 1 N–H and O–H groups in total. The second-order valence-electron chi connectivity index (χ2n) is 7.00. The second-order valence-corrected chi connectivity index (χ2v) is 7.00. The molecule has 3 aliphatic rings. The Morgan fingerprint density at radius 1 is 1.05 bits per heavy atom. The molecule has 0 aromatic carbocycles. The molecule has 0 spiro atoms. The fraction of sp³-hybridized carbons (Fsp3) is 1.00. The van der Waals surface area contributed by atoms with Crippen LogP contribution < -0.4 is 5.32 Å². The molecule has 3 nitrogen and oxygen atoms in total. The number of hydrogen-bond acceptors (Lipinski definition) is 3. The van der Waals surface area contributed by atoms with Gasteiger partial charge in [-0.3, -0.25) is 4.90 Å². The van der Waals surface area contributed by atoms with Crippen LogP contribution in [0.5, 0.6) is 0 Å². The lowest BCUT2D eigenvalue weighted by Gasteiger charge is -2.40. The average molecular weight is 265 g/mol. The minimum atomic E-state index is 0.779. The summed E-state index contributed by atoms with van der Waals surface area (Å²) in [4.78, 5) is 5.47. The van der Waals surface area contributed by atoms with Gasteiger partial charge < -0.3 is 10.2 Å². The molecule has 1 aliphatic carbocycles. The maximum Gasteiger partial charge on any atom is 0.0115 e. The van der Waals surface area contributed by atoms with E-state index in [2.05, 4.69) is 29.2 Å². The van der Waals surface area contributed by atoms with Crippen molar-refractivity contribution < 1.29 is 0 Å². The number of likely N-dealkylation sites (N-methyl/N-ethyl adjacent to an activating group) is 1. The quantitative estimate of drug-likeness (QED) is 0.821. The van der Waals surface area contributed by atoms with Crippen molar-refractivity contribution >= 4 is 0 Å². The molecule has 3 heteroatoms. The first kappa shape index (κ1) is 13.8. The van der Waals surface area contributed by atoms with E-state index in [-0.39, 0.29) is 0 Å². The standard InChI is InChI=1S/C16H31N3/c1-17-13-11-15-7-8-16(12-13)19(15)10-9-18(2)14-5-3-4-6-14/h13-17H,3-12H2,1-2H3. The summed E-state index contributed by atoms with van der Waals surface area (Å²) in [6.45, 7) is 2.58. The Labute approximate surface area is 118 Å². The van der Waals surface area contributed by atoms with Crippen LogP contribution in [0.4, 0.5) is 0 Å². The van der Waals surface area contributed by atoms with Gasteiger partial charge in [0.05, 0.1) is 0 Å². The predicted molar refractivity (Wildman–Crippen MR) is 80.5 cm³/mol. The second kappa shape index (κ2) is 6.11. The summed E-state index contributed by atoms with van der Waals surface area (Å²) in [7, 11) is 4.48. The molecule has 110 valence electrons. The van der Waals surface area contributed by atoms with Crippen molar-refractivity contribution in [1.82, 2.24) is 15.1 Å². The number of piperidine rings is 1. The molecule has 2 heterocycles. The van der Waals surface area contributed by atoms with Gasteiger partial charge in [-0.15, -0.1) is 0 Å². The first-order chi connectivity index (χ1) is 9.28. The molecule has 2 bridgehead atoms. The van der Waals surface area contributed by atoms with Gasteiger partial charge in [0.15, 0.2) is 0 Å². The first-order valence-electron chi connectivity index (χ1n) is 8.41. The zero-order valence-electron chi connectivity index (χ0n) is 12.8. The van der Waals surface area contributed by atoms with E-state index < -0.39 is 0 Å². The summed E-state index contributed by atoms with van der Waals surface area (Å²) in [5.41, 5.74) is 0. The summed E-state index contributed by atoms with van der Waals surface area (Å²) < 4.78 is 0. The lowest BCUT2D eigenvalue weighted by molar-refractivity contribution is 0.0990. The molecule has 3 rings (SSSR count). The number of fused-ring (bicyclic) bond motifs is 2. The Morgan fingerprint density at radius 3 is 2.26 bits per heavy atom. The van der Waals surface area contributed by atoms with Crippen molar-refractivity contribution in [2.45, 2.75) is 75.5 Å². The zero-order valence-corrected chi connectivity index (χ0v) is 12.8. The smallest absolute Gasteiger partial charge is 0.0115 e. The van der Waals surface area contributed by atoms with Crippen molar-refractivity contribution in [3.8, 4) is 0 Å². The summed E-state index contributed by atoms with van der Waals surface area (Å²) in [6.07, 6.45) is 11.4. The molecule has 19 heavy (non-hydrogen) atoms. The molecule has 3 fully saturated rings. The molecule has 0 aromatic rings. The van der Waals surface area contributed by atoms with Crippen molar-refractivity contribution in [1.29, 1.82) is 0 Å². The van der Waals surface area contributed by atoms with Gasteiger partial charge in [-0.2, -0.15) is 0 Å². The van der Waals surface area contributed by atoms with Crippen molar-refractivity contribution in [3.05, 3.63) is 0 Å². The van der Waals surface area contributed by atoms with Crippen LogP contribution in [0.1, 0.15) is 51.4 Å². The van der Waals surface area contributed by atoms with E-state index in [1.54, 1.807) is 0 Å². The Morgan fingerprint density at radius 2 is 1.68 bits per heavy atom. The molecule has 1 saturated carbocycles. The topological polar surface area (TPSA) is 18.5 Å². The summed E-state index contributed by atoms with van der Waals surface area (Å²) in [6, 6.07) is 3.40. The highest BCUT2D eigenvalue weighted by Gasteiger charge is 2.39. The van der Waals surface area contributed by atoms with Gasteiger partial charge in [-0.1, -0.05) is 12.8 Å². The van der Waals surface area contributed by atoms with Crippen LogP contribution in [0.25, 0.3) is 0 Å². The van der Waals surface area contributed by atoms with Crippen LogP contribution in [0.15, 0.2) is 0 Å². The van der Waals surface area contributed by atoms with E-state index in [1.807, 2.05) is 0 Å². The fourth-order valence-electron chi connectivity index (χ4n) is 4.68. The number of nitrogens with zero attached hydrogens (tertiary/aromatic N) is 2. The third-order valence-electron chi connectivity index (χ3n) is 5.95. The van der Waals surface area contributed by atoms with Crippen LogP contribution in [0, 0.1) is 0 Å². The lowest BCUT2D eigenvalue weighted by atomic mass is 9.97. The monoisotopic (exact) mass is 265 g/mol. The third kappa shape index (κ3) is 2.98. The van der Waals surface area contributed by atoms with Crippen LogP contribution >= 0.6 is 0 Å². The minimum Gasteiger partial charge on any atom is -0.317 e. The van der Waals surface area contributed by atoms with Gasteiger partial charge in [-0.05, 0) is 52.6 Å². The summed E-state index contributed by atoms with van der Waals surface area (Å²) in [5, 5.41) is 3.50. The number of rotatable bonds is 5. The van der Waals surface area contributed by atoms with Crippen LogP contribution in [0.2, 0.25) is 0 Å². The molecule has 0 amide bonds. The number of hydrogen-bond donors (Lipinski definition) is 1. The summed E-state index contributed by atoms with van der Waals surface area (Å²) >= 11 is 0. The van der Waals surface area contributed by atoms with Crippen LogP contribution in [-0.4, -0.2) is 61.2 Å². The molecule has 0 radical (unpaired) electrons. The molecule has 2 unspecified atom stereocenters. The Hall–Kier alpha value is -0.120. The molecule has 2 atom stereocenters. The van der Waals surface area contributed by atoms with E-state index in [1.165, 1.54) is 64.5 Å². The third-order valence-corrected chi connectivity index (χ3v) is 5.95. The van der Waals surface area contributed by atoms with E-state index in [4.69, 9.17) is 0 Å². The lowest BCUT2D eigenvalue weighted by Crippen LogP contribution is -2.50. The normalized spacial score (nSPS) is 36.5. The van der Waals surface area contributed by atoms with Gasteiger partial charge in [0.25, 0.3) is 0 Å². The Bertz CT molecular complexity index is 274. The van der Waals surface area contributed by atoms with Gasteiger partial charge in [-0.25, -0.2) is 0 Å². The minimum absolute atomic E-state index is 0.779.